The van der Waals surface area contributed by atoms with E-state index in [1.165, 1.54) is 66.4 Å². The zero-order valence-corrected chi connectivity index (χ0v) is 30.5. The molecule has 1 aliphatic heterocycles. The maximum absolute atomic E-state index is 6.47. The Labute approximate surface area is 321 Å². The van der Waals surface area contributed by atoms with Gasteiger partial charge in [-0.15, -0.1) is 0 Å². The number of rotatable bonds is 6. The first-order chi connectivity index (χ1) is 27.3. The fourth-order valence-corrected chi connectivity index (χ4v) is 8.93. The second kappa shape index (κ2) is 13.0. The van der Waals surface area contributed by atoms with Gasteiger partial charge in [-0.2, -0.15) is 0 Å². The molecule has 0 spiro atoms. The molecule has 1 aromatic heterocycles. The summed E-state index contributed by atoms with van der Waals surface area (Å²) in [7, 11) is 0. The van der Waals surface area contributed by atoms with Crippen LogP contribution in [-0.2, 0) is 12.8 Å². The first kappa shape index (κ1) is 31.7. The Morgan fingerprint density at radius 2 is 1.31 bits per heavy atom. The van der Waals surface area contributed by atoms with Crippen molar-refractivity contribution >= 4 is 44.6 Å². The lowest BCUT2D eigenvalue weighted by atomic mass is 9.84. The summed E-state index contributed by atoms with van der Waals surface area (Å²) in [4.78, 5) is 2.38. The van der Waals surface area contributed by atoms with E-state index in [0.29, 0.717) is 0 Å². The number of aryl methyl sites for hydroxylation is 2. The van der Waals surface area contributed by atoms with Gasteiger partial charge in [0.2, 0.25) is 0 Å². The second-order valence-electron chi connectivity index (χ2n) is 14.8. The molecule has 0 saturated carbocycles. The van der Waals surface area contributed by atoms with Gasteiger partial charge in [0.1, 0.15) is 5.75 Å². The molecule has 264 valence electrons. The van der Waals surface area contributed by atoms with Gasteiger partial charge < -0.3 is 19.5 Å². The number of aromatic nitrogens is 1. The number of anilines is 4. The SMILES string of the molecule is C1=CC(C2Nc3c(ccc4c3-c3ccc(N(c5ccccc5)c5ccc(-c6ccc7c(c6)c6ccccc6n7-c6ccccc6)cc5)cc3CC4)O2)=CCC1. The molecule has 1 atom stereocenters. The minimum atomic E-state index is -0.143. The van der Waals surface area contributed by atoms with Crippen molar-refractivity contribution in [2.45, 2.75) is 31.9 Å². The number of para-hydroxylation sites is 3. The molecule has 0 saturated heterocycles. The van der Waals surface area contributed by atoms with E-state index in [1.54, 1.807) is 0 Å². The van der Waals surface area contributed by atoms with Crippen LogP contribution in [0.2, 0.25) is 0 Å². The summed E-state index contributed by atoms with van der Waals surface area (Å²) in [5.41, 5.74) is 17.1. The minimum absolute atomic E-state index is 0.143. The number of ether oxygens (including phenoxy) is 1. The molecule has 8 aromatic rings. The third kappa shape index (κ3) is 5.36. The largest absolute Gasteiger partial charge is 0.464 e. The zero-order valence-electron chi connectivity index (χ0n) is 30.5. The topological polar surface area (TPSA) is 29.4 Å². The molecule has 0 bridgehead atoms. The standard InChI is InChI=1S/C51H39N3O/c1-4-12-36(13-5-1)51-52-50-48(55-51)31-25-35-20-21-38-32-42(28-29-43(38)49(35)50)53(39-14-6-2-7-15-39)41-26-22-34(23-27-41)37-24-30-47-45(33-37)44-18-10-11-19-46(44)54(47)40-16-8-3-9-17-40/h2-4,6-19,22-33,51-52H,1,5,20-21H2. The highest BCUT2D eigenvalue weighted by molar-refractivity contribution is 6.10. The van der Waals surface area contributed by atoms with Crippen molar-refractivity contribution in [2.75, 3.05) is 10.2 Å². The monoisotopic (exact) mass is 709 g/mol. The summed E-state index contributed by atoms with van der Waals surface area (Å²) >= 11 is 0. The molecule has 0 radical (unpaired) electrons. The maximum Gasteiger partial charge on any atom is 0.196 e. The summed E-state index contributed by atoms with van der Waals surface area (Å²) in [6.45, 7) is 0. The van der Waals surface area contributed by atoms with E-state index in [-0.39, 0.29) is 6.23 Å². The quantitative estimate of drug-likeness (QED) is 0.186. The number of allylic oxidation sites excluding steroid dienone is 2. The Morgan fingerprint density at radius 3 is 2.15 bits per heavy atom. The number of nitrogens with zero attached hydrogens (tertiary/aromatic N) is 2. The van der Waals surface area contributed by atoms with Gasteiger partial charge in [0.15, 0.2) is 6.23 Å². The van der Waals surface area contributed by atoms with Crippen molar-refractivity contribution in [3.8, 4) is 33.7 Å². The highest BCUT2D eigenvalue weighted by Gasteiger charge is 2.31. The molecule has 1 unspecified atom stereocenters. The van der Waals surface area contributed by atoms with Gasteiger partial charge >= 0.3 is 0 Å². The summed E-state index contributed by atoms with van der Waals surface area (Å²) in [6, 6.07) is 57.4. The van der Waals surface area contributed by atoms with Gasteiger partial charge in [-0.1, -0.05) is 103 Å². The Kier molecular flexibility index (Phi) is 7.48. The molecular weight excluding hydrogens is 671 g/mol. The molecular formula is C51H39N3O. The molecule has 55 heavy (non-hydrogen) atoms. The van der Waals surface area contributed by atoms with Crippen LogP contribution in [0.15, 0.2) is 182 Å². The van der Waals surface area contributed by atoms with Crippen molar-refractivity contribution in [2.24, 2.45) is 0 Å². The average molecular weight is 710 g/mol. The number of fused-ring (bicyclic) bond motifs is 8. The van der Waals surface area contributed by atoms with Gasteiger partial charge in [0, 0.05) is 44.7 Å². The van der Waals surface area contributed by atoms with Crippen LogP contribution in [0.5, 0.6) is 5.75 Å². The highest BCUT2D eigenvalue weighted by Crippen LogP contribution is 2.49. The van der Waals surface area contributed by atoms with Crippen LogP contribution >= 0.6 is 0 Å². The van der Waals surface area contributed by atoms with Crippen LogP contribution in [0.25, 0.3) is 49.7 Å². The number of benzene rings is 7. The predicted molar refractivity (Wildman–Crippen MR) is 228 cm³/mol. The van der Waals surface area contributed by atoms with Gasteiger partial charge in [-0.25, -0.2) is 0 Å². The molecule has 0 amide bonds. The molecule has 2 aliphatic carbocycles. The Morgan fingerprint density at radius 1 is 0.582 bits per heavy atom. The first-order valence-electron chi connectivity index (χ1n) is 19.4. The second-order valence-corrected chi connectivity index (χ2v) is 14.8. The molecule has 11 rings (SSSR count). The molecule has 0 fully saturated rings. The zero-order chi connectivity index (χ0) is 36.3. The lowest BCUT2D eigenvalue weighted by molar-refractivity contribution is 0.293. The van der Waals surface area contributed by atoms with Crippen molar-refractivity contribution in [3.63, 3.8) is 0 Å². The molecule has 1 N–H and O–H groups in total. The van der Waals surface area contributed by atoms with Gasteiger partial charge in [-0.3, -0.25) is 0 Å². The summed E-state index contributed by atoms with van der Waals surface area (Å²) in [5, 5.41) is 6.27. The van der Waals surface area contributed by atoms with E-state index < -0.39 is 0 Å². The summed E-state index contributed by atoms with van der Waals surface area (Å²) in [6.07, 6.45) is 10.8. The number of nitrogens with one attached hydrogen (secondary N) is 1. The molecule has 7 aromatic carbocycles. The van der Waals surface area contributed by atoms with Crippen molar-refractivity contribution in [1.29, 1.82) is 0 Å². The third-order valence-electron chi connectivity index (χ3n) is 11.5. The first-order valence-corrected chi connectivity index (χ1v) is 19.4. The molecule has 4 heteroatoms. The molecule has 4 nitrogen and oxygen atoms in total. The summed E-state index contributed by atoms with van der Waals surface area (Å²) in [5.74, 6) is 0.938. The fourth-order valence-electron chi connectivity index (χ4n) is 8.93. The predicted octanol–water partition coefficient (Wildman–Crippen LogP) is 13.1. The lowest BCUT2D eigenvalue weighted by Gasteiger charge is -2.28. The normalized spacial score (nSPS) is 15.5. The number of hydrogen-bond acceptors (Lipinski definition) is 3. The van der Waals surface area contributed by atoms with Crippen LogP contribution in [0.4, 0.5) is 22.7 Å². The van der Waals surface area contributed by atoms with Gasteiger partial charge in [0.25, 0.3) is 0 Å². The van der Waals surface area contributed by atoms with E-state index >= 15 is 0 Å². The smallest absolute Gasteiger partial charge is 0.196 e. The lowest BCUT2D eigenvalue weighted by Crippen LogP contribution is -2.22. The van der Waals surface area contributed by atoms with Crippen molar-refractivity contribution in [3.05, 3.63) is 193 Å². The van der Waals surface area contributed by atoms with Gasteiger partial charge in [-0.05, 0) is 126 Å². The average Bonchev–Trinajstić information content (AvgIpc) is 3.85. The van der Waals surface area contributed by atoms with Crippen LogP contribution in [0, 0.1) is 0 Å². The Balaban J connectivity index is 0.952. The maximum atomic E-state index is 6.47. The van der Waals surface area contributed by atoms with E-state index in [4.69, 9.17) is 4.74 Å². The van der Waals surface area contributed by atoms with Crippen LogP contribution in [0.1, 0.15) is 24.0 Å². The summed E-state index contributed by atoms with van der Waals surface area (Å²) < 4.78 is 8.83. The minimum Gasteiger partial charge on any atom is -0.464 e. The highest BCUT2D eigenvalue weighted by atomic mass is 16.5. The van der Waals surface area contributed by atoms with E-state index in [2.05, 4.69) is 191 Å². The van der Waals surface area contributed by atoms with E-state index in [9.17, 15) is 0 Å². The molecule has 3 aliphatic rings. The van der Waals surface area contributed by atoms with Crippen LogP contribution in [0.3, 0.4) is 0 Å². The van der Waals surface area contributed by atoms with Crippen molar-refractivity contribution in [1.82, 2.24) is 4.57 Å². The van der Waals surface area contributed by atoms with E-state index in [0.717, 1.165) is 54.2 Å². The van der Waals surface area contributed by atoms with Crippen LogP contribution < -0.4 is 15.0 Å². The number of hydrogen-bond donors (Lipinski definition) is 1. The Bertz CT molecular complexity index is 2810. The van der Waals surface area contributed by atoms with E-state index in [1.807, 2.05) is 0 Å². The fraction of sp³-hybridized carbons (Fsp3) is 0.0980. The third-order valence-corrected chi connectivity index (χ3v) is 11.5. The Hall–Kier alpha value is -6.78. The van der Waals surface area contributed by atoms with Gasteiger partial charge in [0.05, 0.1) is 16.7 Å². The molecule has 2 heterocycles. The van der Waals surface area contributed by atoms with Crippen molar-refractivity contribution < 1.29 is 4.74 Å². The van der Waals surface area contributed by atoms with Crippen LogP contribution in [-0.4, -0.2) is 10.8 Å².